The number of amides is 1. The molecule has 0 bridgehead atoms. The molecule has 2 aromatic carbocycles. The van der Waals surface area contributed by atoms with E-state index in [1.54, 1.807) is 43.5 Å². The highest BCUT2D eigenvalue weighted by Crippen LogP contribution is 2.40. The molecule has 1 aliphatic rings. The van der Waals surface area contributed by atoms with Crippen LogP contribution in [-0.4, -0.2) is 45.9 Å². The Labute approximate surface area is 226 Å². The van der Waals surface area contributed by atoms with Crippen molar-refractivity contribution in [1.82, 2.24) is 14.9 Å². The van der Waals surface area contributed by atoms with Crippen LogP contribution in [-0.2, 0) is 17.8 Å². The van der Waals surface area contributed by atoms with E-state index in [1.807, 2.05) is 18.4 Å². The lowest BCUT2D eigenvalue weighted by atomic mass is 10.1. The number of halogens is 1. The number of benzene rings is 2. The van der Waals surface area contributed by atoms with Gasteiger partial charge < -0.3 is 24.5 Å². The summed E-state index contributed by atoms with van der Waals surface area (Å²) in [5.74, 6) is 6.59. The van der Waals surface area contributed by atoms with Crippen molar-refractivity contribution >= 4 is 23.5 Å². The first-order chi connectivity index (χ1) is 18.2. The normalized spacial score (nSPS) is 12.9. The Kier molecular flexibility index (Phi) is 8.40. The highest BCUT2D eigenvalue weighted by atomic mass is 35.5. The minimum absolute atomic E-state index is 0.186. The van der Waals surface area contributed by atoms with Crippen molar-refractivity contribution in [1.29, 1.82) is 0 Å². The van der Waals surface area contributed by atoms with Crippen LogP contribution in [0.4, 0.5) is 0 Å². The Balaban J connectivity index is 1.60. The Bertz CT molecular complexity index is 1360. The molecule has 0 radical (unpaired) electrons. The molecule has 1 aliphatic carbocycles. The molecule has 198 valence electrons. The molecule has 0 atom stereocenters. The van der Waals surface area contributed by atoms with Crippen LogP contribution in [0.15, 0.2) is 48.5 Å². The standard InChI is InChI=1S/C29H30ClN3O5/c1-29(2,37-3)15-14-24-25(27(34)31-18-19-4-6-21(7-5-19)28(35)36)33(26(32-24)20-8-9-20)16-17-38-23-12-10-22(30)11-13-23/h4-7,10-13,20H,8-9,16-18H2,1-3H3,(H,31,34)(H,35,36). The molecule has 1 amide bonds. The lowest BCUT2D eigenvalue weighted by Crippen LogP contribution is -2.28. The van der Waals surface area contributed by atoms with Gasteiger partial charge in [-0.1, -0.05) is 29.7 Å². The van der Waals surface area contributed by atoms with E-state index in [0.29, 0.717) is 35.3 Å². The van der Waals surface area contributed by atoms with Crippen molar-refractivity contribution < 1.29 is 24.2 Å². The van der Waals surface area contributed by atoms with E-state index in [1.165, 1.54) is 12.1 Å². The number of aromatic carboxylic acids is 1. The molecule has 0 saturated heterocycles. The maximum absolute atomic E-state index is 13.5. The van der Waals surface area contributed by atoms with Crippen LogP contribution in [0.2, 0.25) is 5.02 Å². The molecule has 3 aromatic rings. The molecule has 1 heterocycles. The van der Waals surface area contributed by atoms with Gasteiger partial charge in [-0.05, 0) is 74.6 Å². The second-order valence-electron chi connectivity index (χ2n) is 9.54. The van der Waals surface area contributed by atoms with Crippen LogP contribution in [0.5, 0.6) is 5.75 Å². The molecule has 4 rings (SSSR count). The SMILES string of the molecule is COC(C)(C)C#Cc1nc(C2CC2)n(CCOc2ccc(Cl)cc2)c1C(=O)NCc1ccc(C(=O)O)cc1. The van der Waals surface area contributed by atoms with E-state index in [2.05, 4.69) is 17.2 Å². The van der Waals surface area contributed by atoms with E-state index >= 15 is 0 Å². The van der Waals surface area contributed by atoms with Gasteiger partial charge in [-0.2, -0.15) is 0 Å². The first-order valence-corrected chi connectivity index (χ1v) is 12.7. The second kappa shape index (κ2) is 11.7. The van der Waals surface area contributed by atoms with E-state index < -0.39 is 11.6 Å². The fraction of sp³-hybridized carbons (Fsp3) is 0.345. The van der Waals surface area contributed by atoms with Gasteiger partial charge in [0.15, 0.2) is 0 Å². The largest absolute Gasteiger partial charge is 0.492 e. The fourth-order valence-electron chi connectivity index (χ4n) is 3.74. The summed E-state index contributed by atoms with van der Waals surface area (Å²) < 4.78 is 13.2. The molecule has 1 aromatic heterocycles. The number of carboxylic acids is 1. The van der Waals surface area contributed by atoms with Crippen LogP contribution in [0.3, 0.4) is 0 Å². The Hall–Kier alpha value is -3.80. The van der Waals surface area contributed by atoms with Crippen LogP contribution < -0.4 is 10.1 Å². The number of nitrogens with zero attached hydrogens (tertiary/aromatic N) is 2. The fourth-order valence-corrected chi connectivity index (χ4v) is 3.87. The molecule has 1 fully saturated rings. The first-order valence-electron chi connectivity index (χ1n) is 12.3. The summed E-state index contributed by atoms with van der Waals surface area (Å²) in [6.07, 6.45) is 2.00. The average molecular weight is 536 g/mol. The van der Waals surface area contributed by atoms with Gasteiger partial charge in [-0.25, -0.2) is 9.78 Å². The van der Waals surface area contributed by atoms with Crippen molar-refractivity contribution in [3.63, 3.8) is 0 Å². The van der Waals surface area contributed by atoms with Gasteiger partial charge in [0.05, 0.1) is 12.1 Å². The van der Waals surface area contributed by atoms with Gasteiger partial charge >= 0.3 is 5.97 Å². The molecular formula is C29H30ClN3O5. The van der Waals surface area contributed by atoms with E-state index in [-0.39, 0.29) is 23.9 Å². The number of aromatic nitrogens is 2. The van der Waals surface area contributed by atoms with E-state index in [0.717, 1.165) is 24.2 Å². The van der Waals surface area contributed by atoms with Gasteiger partial charge in [-0.3, -0.25) is 4.79 Å². The molecule has 2 N–H and O–H groups in total. The third kappa shape index (κ3) is 6.94. The summed E-state index contributed by atoms with van der Waals surface area (Å²) in [6, 6.07) is 13.5. The molecule has 1 saturated carbocycles. The number of hydrogen-bond donors (Lipinski definition) is 2. The summed E-state index contributed by atoms with van der Waals surface area (Å²) >= 11 is 5.97. The Morgan fingerprint density at radius 1 is 1.16 bits per heavy atom. The summed E-state index contributed by atoms with van der Waals surface area (Å²) in [6.45, 7) is 4.65. The molecular weight excluding hydrogens is 506 g/mol. The van der Waals surface area contributed by atoms with E-state index in [4.69, 9.17) is 31.2 Å². The number of nitrogens with one attached hydrogen (secondary N) is 1. The second-order valence-corrected chi connectivity index (χ2v) is 9.98. The molecule has 0 spiro atoms. The van der Waals surface area contributed by atoms with Crippen LogP contribution in [0, 0.1) is 11.8 Å². The monoisotopic (exact) mass is 535 g/mol. The van der Waals surface area contributed by atoms with Gasteiger partial charge in [0.25, 0.3) is 5.91 Å². The minimum atomic E-state index is -1.000. The highest BCUT2D eigenvalue weighted by molar-refractivity contribution is 6.30. The quantitative estimate of drug-likeness (QED) is 0.358. The van der Waals surface area contributed by atoms with Crippen molar-refractivity contribution in [3.05, 3.63) is 81.9 Å². The average Bonchev–Trinajstić information content (AvgIpc) is 3.69. The van der Waals surface area contributed by atoms with Crippen molar-refractivity contribution in [2.45, 2.75) is 51.3 Å². The molecule has 0 aliphatic heterocycles. The van der Waals surface area contributed by atoms with Crippen molar-refractivity contribution in [2.24, 2.45) is 0 Å². The number of ether oxygens (including phenoxy) is 2. The predicted octanol–water partition coefficient (Wildman–Crippen LogP) is 4.90. The summed E-state index contributed by atoms with van der Waals surface area (Å²) in [5.41, 5.74) is 1.01. The molecule has 0 unspecified atom stereocenters. The minimum Gasteiger partial charge on any atom is -0.492 e. The number of carbonyl (C=O) groups is 2. The third-order valence-electron chi connectivity index (χ3n) is 6.20. The van der Waals surface area contributed by atoms with Crippen LogP contribution in [0.25, 0.3) is 0 Å². The number of imidazole rings is 1. The highest BCUT2D eigenvalue weighted by Gasteiger charge is 2.33. The Morgan fingerprint density at radius 3 is 2.45 bits per heavy atom. The molecule has 8 nitrogen and oxygen atoms in total. The maximum atomic E-state index is 13.5. The third-order valence-corrected chi connectivity index (χ3v) is 6.45. The topological polar surface area (TPSA) is 103 Å². The predicted molar refractivity (Wildman–Crippen MR) is 144 cm³/mol. The zero-order chi connectivity index (χ0) is 27.3. The molecule has 9 heteroatoms. The zero-order valence-corrected chi connectivity index (χ0v) is 22.3. The number of carboxylic acid groups (broad SMARTS) is 1. The van der Waals surface area contributed by atoms with Gasteiger partial charge in [0.2, 0.25) is 0 Å². The lowest BCUT2D eigenvalue weighted by Gasteiger charge is -2.14. The summed E-state index contributed by atoms with van der Waals surface area (Å²) in [7, 11) is 1.58. The first kappa shape index (κ1) is 27.2. The molecule has 38 heavy (non-hydrogen) atoms. The number of rotatable bonds is 10. The van der Waals surface area contributed by atoms with E-state index in [9.17, 15) is 9.59 Å². The van der Waals surface area contributed by atoms with Gasteiger partial charge in [0.1, 0.15) is 35.2 Å². The van der Waals surface area contributed by atoms with Crippen LogP contribution in [0.1, 0.15) is 70.5 Å². The summed E-state index contributed by atoms with van der Waals surface area (Å²) in [5, 5.41) is 12.7. The number of methoxy groups -OCH3 is 1. The number of hydrogen-bond acceptors (Lipinski definition) is 5. The summed E-state index contributed by atoms with van der Waals surface area (Å²) in [4.78, 5) is 29.5. The Morgan fingerprint density at radius 2 is 1.84 bits per heavy atom. The van der Waals surface area contributed by atoms with Crippen molar-refractivity contribution in [3.8, 4) is 17.6 Å². The number of carbonyl (C=O) groups excluding carboxylic acids is 1. The smallest absolute Gasteiger partial charge is 0.335 e. The maximum Gasteiger partial charge on any atom is 0.335 e. The van der Waals surface area contributed by atoms with Gasteiger partial charge in [0, 0.05) is 24.6 Å². The van der Waals surface area contributed by atoms with Crippen molar-refractivity contribution in [2.75, 3.05) is 13.7 Å². The zero-order valence-electron chi connectivity index (χ0n) is 21.6. The van der Waals surface area contributed by atoms with Gasteiger partial charge in [-0.15, -0.1) is 0 Å². The lowest BCUT2D eigenvalue weighted by molar-refractivity contribution is 0.0696. The van der Waals surface area contributed by atoms with Crippen LogP contribution >= 0.6 is 11.6 Å².